The first-order chi connectivity index (χ1) is 30.7. The number of methoxy groups -OCH3 is 2. The molecule has 0 saturated heterocycles. The van der Waals surface area contributed by atoms with Gasteiger partial charge >= 0.3 is 18.0 Å². The van der Waals surface area contributed by atoms with Crippen LogP contribution in [0.2, 0.25) is 10.0 Å². The number of ether oxygens (including phenoxy) is 2. The molecule has 0 spiro atoms. The summed E-state index contributed by atoms with van der Waals surface area (Å²) >= 11 is 11.7. The number of aromatic nitrogens is 4. The van der Waals surface area contributed by atoms with Crippen LogP contribution in [0.5, 0.6) is 0 Å². The van der Waals surface area contributed by atoms with Crippen LogP contribution in [0.4, 0.5) is 13.6 Å². The van der Waals surface area contributed by atoms with Crippen LogP contribution >= 0.6 is 48.0 Å². The highest BCUT2D eigenvalue weighted by Gasteiger charge is 2.34. The third-order valence-corrected chi connectivity index (χ3v) is 14.0. The predicted octanol–water partition coefficient (Wildman–Crippen LogP) is 10.1. The van der Waals surface area contributed by atoms with Gasteiger partial charge in [0.1, 0.15) is 11.6 Å². The Morgan fingerprint density at radius 2 is 1.24 bits per heavy atom. The molecule has 2 aromatic heterocycles. The SMILES string of the molecule is CCC1CCC(C(=O)OC)CC1.COC(=O)C1CCC(N(C)C(=O)N2CCc3c(C)nn(Cc4ccc(Cl)cc4F)c3C2)CC1.Cc1nn(Cc2ccc(Cl)cc2F)c2c1CCNC2.Cl.Cl. The van der Waals surface area contributed by atoms with Gasteiger partial charge in [-0.05, 0) is 126 Å². The molecule has 66 heavy (non-hydrogen) atoms. The first-order valence-electron chi connectivity index (χ1n) is 22.6. The highest BCUT2D eigenvalue weighted by atomic mass is 35.5. The van der Waals surface area contributed by atoms with Gasteiger partial charge in [-0.25, -0.2) is 13.6 Å². The first-order valence-corrected chi connectivity index (χ1v) is 23.3. The maximum Gasteiger partial charge on any atom is 0.320 e. The van der Waals surface area contributed by atoms with Gasteiger partial charge in [0.25, 0.3) is 0 Å². The Morgan fingerprint density at radius 3 is 1.73 bits per heavy atom. The smallest absolute Gasteiger partial charge is 0.320 e. The number of carbonyl (C=O) groups is 3. The number of hydrogen-bond acceptors (Lipinski definition) is 8. The number of halogens is 6. The summed E-state index contributed by atoms with van der Waals surface area (Å²) < 4.78 is 41.5. The number of nitrogens with one attached hydrogen (secondary N) is 1. The summed E-state index contributed by atoms with van der Waals surface area (Å²) in [4.78, 5) is 39.9. The molecule has 4 aliphatic rings. The highest BCUT2D eigenvalue weighted by Crippen LogP contribution is 2.32. The lowest BCUT2D eigenvalue weighted by atomic mass is 9.81. The molecule has 2 aliphatic carbocycles. The Morgan fingerprint density at radius 1 is 0.758 bits per heavy atom. The molecule has 0 unspecified atom stereocenters. The Hall–Kier alpha value is -3.95. The van der Waals surface area contributed by atoms with Crippen molar-refractivity contribution in [3.63, 3.8) is 0 Å². The van der Waals surface area contributed by atoms with Crippen molar-refractivity contribution in [1.82, 2.24) is 34.7 Å². The molecule has 364 valence electrons. The zero-order valence-electron chi connectivity index (χ0n) is 38.8. The quantitative estimate of drug-likeness (QED) is 0.173. The van der Waals surface area contributed by atoms with Crippen molar-refractivity contribution in [2.24, 2.45) is 17.8 Å². The van der Waals surface area contributed by atoms with Crippen molar-refractivity contribution in [3.8, 4) is 0 Å². The van der Waals surface area contributed by atoms with Crippen LogP contribution in [0.3, 0.4) is 0 Å². The standard InChI is InChI=1S/C24H30ClFN4O3.C14H15ClFN3.C10H18O2.2ClH/c1-15-20-10-11-29(24(32)28(2)19-8-5-16(6-9-19)23(31)33-3)14-22(20)30(27-15)13-17-4-7-18(25)12-21(17)26;1-9-12-4-5-17-7-14(12)19(18-9)8-10-2-3-11(15)6-13(10)16;1-3-8-4-6-9(7-5-8)10(11)12-2;;/h4,7,12,16,19H,5-6,8-11,13-14H2,1-3H3;2-3,6,17H,4-5,7-8H2,1H3;8-9H,3-7H2,1-2H3;2*1H. The van der Waals surface area contributed by atoms with E-state index >= 15 is 0 Å². The number of amides is 2. The average molecular weight is 1000 g/mol. The molecule has 2 aliphatic heterocycles. The van der Waals surface area contributed by atoms with E-state index in [0.29, 0.717) is 40.8 Å². The number of esters is 2. The molecule has 18 heteroatoms. The van der Waals surface area contributed by atoms with E-state index < -0.39 is 0 Å². The van der Waals surface area contributed by atoms with Crippen LogP contribution in [-0.4, -0.2) is 87.7 Å². The van der Waals surface area contributed by atoms with Crippen LogP contribution in [0.25, 0.3) is 0 Å². The number of benzene rings is 2. The van der Waals surface area contributed by atoms with Gasteiger partial charge in [0, 0.05) is 47.4 Å². The zero-order valence-corrected chi connectivity index (χ0v) is 42.0. The van der Waals surface area contributed by atoms with Crippen LogP contribution in [0.1, 0.15) is 110 Å². The van der Waals surface area contributed by atoms with E-state index in [0.717, 1.165) is 98.7 Å². The number of urea groups is 1. The summed E-state index contributed by atoms with van der Waals surface area (Å²) in [7, 11) is 4.74. The van der Waals surface area contributed by atoms with E-state index in [9.17, 15) is 23.2 Å². The summed E-state index contributed by atoms with van der Waals surface area (Å²) in [6.07, 6.45) is 10.5. The fraction of sp³-hybridized carbons (Fsp3) is 0.562. The van der Waals surface area contributed by atoms with Crippen molar-refractivity contribution < 1.29 is 32.6 Å². The second-order valence-electron chi connectivity index (χ2n) is 17.5. The molecule has 2 aromatic carbocycles. The van der Waals surface area contributed by atoms with Gasteiger partial charge in [0.2, 0.25) is 0 Å². The number of aryl methyl sites for hydroxylation is 2. The van der Waals surface area contributed by atoms with Crippen LogP contribution in [0.15, 0.2) is 36.4 Å². The first kappa shape index (κ1) is 54.7. The van der Waals surface area contributed by atoms with E-state index in [1.165, 1.54) is 51.2 Å². The summed E-state index contributed by atoms with van der Waals surface area (Å²) in [6, 6.07) is 9.50. The molecule has 2 amide bonds. The van der Waals surface area contributed by atoms with Gasteiger partial charge < -0.3 is 24.6 Å². The normalized spacial score (nSPS) is 19.8. The molecule has 0 bridgehead atoms. The third-order valence-electron chi connectivity index (χ3n) is 13.5. The summed E-state index contributed by atoms with van der Waals surface area (Å²) in [5.74, 6) is 0.159. The van der Waals surface area contributed by atoms with Gasteiger partial charge in [-0.1, -0.05) is 48.7 Å². The van der Waals surface area contributed by atoms with Crippen molar-refractivity contribution in [1.29, 1.82) is 0 Å². The van der Waals surface area contributed by atoms with E-state index in [-0.39, 0.29) is 78.8 Å². The lowest BCUT2D eigenvalue weighted by Gasteiger charge is -2.38. The molecule has 0 radical (unpaired) electrons. The van der Waals surface area contributed by atoms with Gasteiger partial charge in [-0.3, -0.25) is 19.0 Å². The molecule has 12 nitrogen and oxygen atoms in total. The monoisotopic (exact) mass is 997 g/mol. The number of carbonyl (C=O) groups excluding carboxylic acids is 3. The lowest BCUT2D eigenvalue weighted by Crippen LogP contribution is -2.49. The maximum atomic E-state index is 14.4. The van der Waals surface area contributed by atoms with Gasteiger partial charge in [0.15, 0.2) is 0 Å². The van der Waals surface area contributed by atoms with Crippen molar-refractivity contribution in [2.45, 2.75) is 124 Å². The van der Waals surface area contributed by atoms with Gasteiger partial charge in [-0.15, -0.1) is 24.8 Å². The van der Waals surface area contributed by atoms with Crippen molar-refractivity contribution in [3.05, 3.63) is 103 Å². The second kappa shape index (κ2) is 25.4. The number of rotatable bonds is 8. The van der Waals surface area contributed by atoms with E-state index in [1.807, 2.05) is 35.4 Å². The van der Waals surface area contributed by atoms with Crippen LogP contribution in [-0.2, 0) is 58.1 Å². The van der Waals surface area contributed by atoms with E-state index in [4.69, 9.17) is 32.7 Å². The largest absolute Gasteiger partial charge is 0.469 e. The molecule has 0 atom stereocenters. The minimum Gasteiger partial charge on any atom is -0.469 e. The molecule has 8 rings (SSSR count). The van der Waals surface area contributed by atoms with E-state index in [1.54, 1.807) is 28.9 Å². The lowest BCUT2D eigenvalue weighted by molar-refractivity contribution is -0.147. The minimum absolute atomic E-state index is 0. The molecule has 2 saturated carbocycles. The Labute approximate surface area is 410 Å². The summed E-state index contributed by atoms with van der Waals surface area (Å²) in [5, 5.41) is 13.3. The van der Waals surface area contributed by atoms with Gasteiger partial charge in [-0.2, -0.15) is 10.2 Å². The average Bonchev–Trinajstić information content (AvgIpc) is 3.80. The predicted molar refractivity (Wildman–Crippen MR) is 258 cm³/mol. The number of hydrogen-bond donors (Lipinski definition) is 1. The van der Waals surface area contributed by atoms with Crippen LogP contribution < -0.4 is 5.32 Å². The fourth-order valence-corrected chi connectivity index (χ4v) is 9.87. The molecular weight excluding hydrogens is 934 g/mol. The number of fused-ring (bicyclic) bond motifs is 2. The Balaban J connectivity index is 0.000000243. The molecular formula is C48H65Cl4F2N7O5. The van der Waals surface area contributed by atoms with Crippen LogP contribution in [0, 0.1) is 43.2 Å². The molecule has 4 heterocycles. The summed E-state index contributed by atoms with van der Waals surface area (Å²) in [5.41, 5.74) is 7.63. The van der Waals surface area contributed by atoms with Crippen molar-refractivity contribution >= 4 is 66.0 Å². The fourth-order valence-electron chi connectivity index (χ4n) is 9.55. The molecule has 1 N–H and O–H groups in total. The maximum absolute atomic E-state index is 14.4. The van der Waals surface area contributed by atoms with Crippen molar-refractivity contribution in [2.75, 3.05) is 34.4 Å². The Bertz CT molecular complexity index is 2260. The van der Waals surface area contributed by atoms with E-state index in [2.05, 4.69) is 22.4 Å². The second-order valence-corrected chi connectivity index (χ2v) is 18.4. The molecule has 2 fully saturated rings. The minimum atomic E-state index is -0.365. The number of nitrogens with zero attached hydrogens (tertiary/aromatic N) is 6. The summed E-state index contributed by atoms with van der Waals surface area (Å²) in [6.45, 7) is 9.76. The molecule has 4 aromatic rings. The van der Waals surface area contributed by atoms with Gasteiger partial charge in [0.05, 0.1) is 68.5 Å². The highest BCUT2D eigenvalue weighted by molar-refractivity contribution is 6.30. The third kappa shape index (κ3) is 13.6. The topological polar surface area (TPSA) is 124 Å². The Kier molecular flexibility index (Phi) is 21.1. The zero-order chi connectivity index (χ0) is 46.1.